The van der Waals surface area contributed by atoms with E-state index in [0.29, 0.717) is 6.42 Å². The highest BCUT2D eigenvalue weighted by Crippen LogP contribution is 2.37. The van der Waals surface area contributed by atoms with Gasteiger partial charge in [0.25, 0.3) is 5.91 Å². The first-order chi connectivity index (χ1) is 18.6. The normalized spacial score (nSPS) is 18.7. The van der Waals surface area contributed by atoms with Gasteiger partial charge in [0.2, 0.25) is 0 Å². The van der Waals surface area contributed by atoms with E-state index in [4.69, 9.17) is 5.73 Å². The molecule has 0 bridgehead atoms. The van der Waals surface area contributed by atoms with Gasteiger partial charge in [-0.3, -0.25) is 9.79 Å². The van der Waals surface area contributed by atoms with Crippen molar-refractivity contribution in [1.29, 1.82) is 0 Å². The van der Waals surface area contributed by atoms with E-state index in [9.17, 15) is 18.0 Å². The van der Waals surface area contributed by atoms with Crippen molar-refractivity contribution in [3.8, 4) is 11.1 Å². The molecule has 2 aromatic heterocycles. The van der Waals surface area contributed by atoms with Crippen molar-refractivity contribution in [1.82, 2.24) is 20.2 Å². The minimum absolute atomic E-state index is 0.109. The first-order valence-electron chi connectivity index (χ1n) is 13.3. The molecule has 206 valence electrons. The molecule has 39 heavy (non-hydrogen) atoms. The Labute approximate surface area is 225 Å². The summed E-state index contributed by atoms with van der Waals surface area (Å²) >= 11 is 0. The molecule has 4 N–H and O–H groups in total. The molecule has 10 heteroatoms. The molecule has 0 saturated carbocycles. The lowest BCUT2D eigenvalue weighted by molar-refractivity contribution is -0.128. The van der Waals surface area contributed by atoms with Crippen LogP contribution in [0.15, 0.2) is 47.4 Å². The number of alkyl halides is 3. The molecule has 1 aromatic carbocycles. The number of aryl methyl sites for hydroxylation is 1. The van der Waals surface area contributed by atoms with Gasteiger partial charge < -0.3 is 20.9 Å². The first-order valence-corrected chi connectivity index (χ1v) is 13.3. The Balaban J connectivity index is 1.52. The van der Waals surface area contributed by atoms with Crippen LogP contribution in [-0.4, -0.2) is 51.8 Å². The Morgan fingerprint density at radius 3 is 2.72 bits per heavy atom. The number of amides is 1. The molecule has 4 heterocycles. The van der Waals surface area contributed by atoms with Crippen LogP contribution in [0, 0.1) is 6.92 Å². The van der Waals surface area contributed by atoms with Crippen LogP contribution in [-0.2, 0) is 17.8 Å². The van der Waals surface area contributed by atoms with Crippen LogP contribution in [0.25, 0.3) is 22.2 Å². The fraction of sp³-hybridized carbons (Fsp3) is 0.414. The van der Waals surface area contributed by atoms with E-state index in [2.05, 4.69) is 38.5 Å². The molecule has 0 aliphatic carbocycles. The van der Waals surface area contributed by atoms with E-state index in [1.54, 1.807) is 0 Å². The summed E-state index contributed by atoms with van der Waals surface area (Å²) in [5.41, 5.74) is 10.9. The number of aromatic nitrogens is 2. The number of hydrogen-bond donors (Lipinski definition) is 3. The maximum Gasteiger partial charge on any atom is 0.433 e. The third-order valence-electron chi connectivity index (χ3n) is 7.48. The lowest BCUT2D eigenvalue weighted by atomic mass is 9.87. The van der Waals surface area contributed by atoms with Crippen molar-refractivity contribution in [2.75, 3.05) is 13.1 Å². The van der Waals surface area contributed by atoms with E-state index in [-0.39, 0.29) is 19.1 Å². The molecule has 7 nitrogen and oxygen atoms in total. The fourth-order valence-electron chi connectivity index (χ4n) is 5.57. The number of fused-ring (bicyclic) bond motifs is 2. The van der Waals surface area contributed by atoms with Gasteiger partial charge in [-0.25, -0.2) is 4.98 Å². The highest BCUT2D eigenvalue weighted by Gasteiger charge is 2.42. The van der Waals surface area contributed by atoms with Crippen molar-refractivity contribution in [2.24, 2.45) is 10.7 Å². The van der Waals surface area contributed by atoms with E-state index >= 15 is 0 Å². The molecule has 1 amide bonds. The van der Waals surface area contributed by atoms with Gasteiger partial charge in [-0.1, -0.05) is 6.07 Å². The van der Waals surface area contributed by atoms with Crippen molar-refractivity contribution in [2.45, 2.75) is 64.8 Å². The van der Waals surface area contributed by atoms with Crippen molar-refractivity contribution >= 4 is 22.7 Å². The second-order valence-corrected chi connectivity index (χ2v) is 10.6. The number of carbonyl (C=O) groups is 1. The summed E-state index contributed by atoms with van der Waals surface area (Å²) in [6.07, 6.45) is 2.24. The maximum absolute atomic E-state index is 13.8. The van der Waals surface area contributed by atoms with Gasteiger partial charge in [0.15, 0.2) is 5.71 Å². The molecular formula is C29H33F3N6O. The number of rotatable bonds is 5. The zero-order chi connectivity index (χ0) is 27.9. The molecule has 2 aliphatic heterocycles. The van der Waals surface area contributed by atoms with E-state index in [1.165, 1.54) is 18.7 Å². The van der Waals surface area contributed by atoms with E-state index in [0.717, 1.165) is 70.0 Å². The minimum Gasteiger partial charge on any atom is -0.404 e. The molecular weight excluding hydrogens is 505 g/mol. The van der Waals surface area contributed by atoms with Gasteiger partial charge in [-0.2, -0.15) is 13.2 Å². The van der Waals surface area contributed by atoms with Crippen molar-refractivity contribution in [3.63, 3.8) is 0 Å². The number of pyridine rings is 1. The zero-order valence-electron chi connectivity index (χ0n) is 22.3. The summed E-state index contributed by atoms with van der Waals surface area (Å²) < 4.78 is 41.5. The summed E-state index contributed by atoms with van der Waals surface area (Å²) in [4.78, 5) is 26.4. The Bertz CT molecular complexity index is 1460. The van der Waals surface area contributed by atoms with Gasteiger partial charge in [0.05, 0.1) is 5.57 Å². The number of benzene rings is 1. The average Bonchev–Trinajstić information content (AvgIpc) is 3.57. The van der Waals surface area contributed by atoms with Crippen LogP contribution >= 0.6 is 0 Å². The average molecular weight is 539 g/mol. The van der Waals surface area contributed by atoms with Gasteiger partial charge in [-0.15, -0.1) is 0 Å². The van der Waals surface area contributed by atoms with Crippen LogP contribution in [0.3, 0.4) is 0 Å². The Morgan fingerprint density at radius 2 is 2.05 bits per heavy atom. The van der Waals surface area contributed by atoms with E-state index < -0.39 is 29.4 Å². The number of halogens is 3. The molecule has 1 unspecified atom stereocenters. The molecule has 5 rings (SSSR count). The highest BCUT2D eigenvalue weighted by molar-refractivity contribution is 6.23. The molecule has 1 atom stereocenters. The van der Waals surface area contributed by atoms with Gasteiger partial charge in [0, 0.05) is 54.7 Å². The van der Waals surface area contributed by atoms with Crippen molar-refractivity contribution < 1.29 is 18.0 Å². The zero-order valence-corrected chi connectivity index (χ0v) is 22.3. The summed E-state index contributed by atoms with van der Waals surface area (Å²) in [5, 5.41) is 4.61. The minimum atomic E-state index is -4.79. The number of nitrogens with zero attached hydrogens (tertiary/aromatic N) is 3. The number of H-pyrrole nitrogens is 1. The standard InChI is InChI=1S/C29H33F3N6O/c1-16(2)37-26(29(30,31)32)23(12-33)28(39)38-8-6-18-9-19(10-22(24(18)15-38)25-5-4-7-34-25)20-11-21-17(3)13-35-27(21)36-14-20/h9-14,16,25,34H,4-8,15,33H2,1-3H3,(H,35,36). The third kappa shape index (κ3) is 5.30. The summed E-state index contributed by atoms with van der Waals surface area (Å²) in [6, 6.07) is 5.86. The van der Waals surface area contributed by atoms with Crippen molar-refractivity contribution in [3.05, 3.63) is 64.6 Å². The fourth-order valence-corrected chi connectivity index (χ4v) is 5.57. The Kier molecular flexibility index (Phi) is 7.24. The van der Waals surface area contributed by atoms with Crippen LogP contribution in [0.1, 0.15) is 55.0 Å². The lowest BCUT2D eigenvalue weighted by Gasteiger charge is -2.33. The molecule has 0 radical (unpaired) electrons. The Morgan fingerprint density at radius 1 is 1.26 bits per heavy atom. The smallest absolute Gasteiger partial charge is 0.404 e. The van der Waals surface area contributed by atoms with E-state index in [1.807, 2.05) is 19.3 Å². The van der Waals surface area contributed by atoms with Crippen LogP contribution in [0.4, 0.5) is 13.2 Å². The van der Waals surface area contributed by atoms with Crippen LogP contribution < -0.4 is 11.1 Å². The van der Waals surface area contributed by atoms with Crippen LogP contribution in [0.2, 0.25) is 0 Å². The number of nitrogens with two attached hydrogens (primary N) is 1. The number of hydrogen-bond acceptors (Lipinski definition) is 5. The predicted molar refractivity (Wildman–Crippen MR) is 146 cm³/mol. The number of carbonyl (C=O) groups excluding carboxylic acids is 1. The molecule has 1 saturated heterocycles. The van der Waals surface area contributed by atoms with Crippen LogP contribution in [0.5, 0.6) is 0 Å². The SMILES string of the molecule is Cc1c[nH]c2ncc(-c3cc4c(c(C5CCCN5)c3)CN(C(=O)C(=CN)C(=NC(C)C)C(F)(F)F)CC4)cc12. The molecule has 2 aliphatic rings. The molecule has 3 aromatic rings. The first kappa shape index (κ1) is 26.9. The Hall–Kier alpha value is -3.66. The summed E-state index contributed by atoms with van der Waals surface area (Å²) in [7, 11) is 0. The maximum atomic E-state index is 13.8. The summed E-state index contributed by atoms with van der Waals surface area (Å²) in [6.45, 7) is 6.49. The molecule has 1 fully saturated rings. The van der Waals surface area contributed by atoms with Gasteiger partial charge >= 0.3 is 6.18 Å². The number of aromatic amines is 1. The second-order valence-electron chi connectivity index (χ2n) is 10.6. The van der Waals surface area contributed by atoms with Gasteiger partial charge in [0.1, 0.15) is 5.65 Å². The topological polar surface area (TPSA) is 99.4 Å². The second kappa shape index (κ2) is 10.5. The molecule has 0 spiro atoms. The van der Waals surface area contributed by atoms with Gasteiger partial charge in [-0.05, 0) is 86.5 Å². The highest BCUT2D eigenvalue weighted by atomic mass is 19.4. The monoisotopic (exact) mass is 538 g/mol. The quantitative estimate of drug-likeness (QED) is 0.311. The third-order valence-corrected chi connectivity index (χ3v) is 7.48. The lowest BCUT2D eigenvalue weighted by Crippen LogP contribution is -2.42. The predicted octanol–water partition coefficient (Wildman–Crippen LogP) is 5.10. The summed E-state index contributed by atoms with van der Waals surface area (Å²) in [5.74, 6) is -0.758. The largest absolute Gasteiger partial charge is 0.433 e. The number of nitrogens with one attached hydrogen (secondary N) is 2. The number of aliphatic imine (C=N–C) groups is 1.